The van der Waals surface area contributed by atoms with Gasteiger partial charge in [-0.2, -0.15) is 5.26 Å². The number of rotatable bonds is 1. The van der Waals surface area contributed by atoms with E-state index in [9.17, 15) is 15.2 Å². The number of H-pyrrole nitrogens is 1. The summed E-state index contributed by atoms with van der Waals surface area (Å²) in [4.78, 5) is 20.4. The molecule has 6 nitrogen and oxygen atoms in total. The lowest BCUT2D eigenvalue weighted by Crippen LogP contribution is -2.34. The van der Waals surface area contributed by atoms with Crippen molar-refractivity contribution in [3.63, 3.8) is 0 Å². The number of benzene rings is 1. The second-order valence-corrected chi connectivity index (χ2v) is 6.65. The van der Waals surface area contributed by atoms with Crippen molar-refractivity contribution in [2.24, 2.45) is 0 Å². The van der Waals surface area contributed by atoms with Crippen LogP contribution in [0.5, 0.6) is 0 Å². The van der Waals surface area contributed by atoms with Crippen molar-refractivity contribution >= 4 is 17.0 Å². The Bertz CT molecular complexity index is 1090. The van der Waals surface area contributed by atoms with Gasteiger partial charge < -0.3 is 15.0 Å². The van der Waals surface area contributed by atoms with Gasteiger partial charge in [-0.05, 0) is 42.5 Å². The molecule has 1 aliphatic heterocycles. The van der Waals surface area contributed by atoms with Crippen LogP contribution in [-0.4, -0.2) is 32.6 Å². The zero-order valence-corrected chi connectivity index (χ0v) is 14.6. The van der Waals surface area contributed by atoms with E-state index in [-0.39, 0.29) is 0 Å². The topological polar surface area (TPSA) is 93.0 Å². The zero-order valence-electron chi connectivity index (χ0n) is 14.6. The van der Waals surface area contributed by atoms with E-state index < -0.39 is 6.09 Å². The molecule has 0 aliphatic carbocycles. The maximum Gasteiger partial charge on any atom is 0.407 e. The summed E-state index contributed by atoms with van der Waals surface area (Å²) in [7, 11) is 0. The maximum absolute atomic E-state index is 11.3. The van der Waals surface area contributed by atoms with E-state index >= 15 is 0 Å². The van der Waals surface area contributed by atoms with Gasteiger partial charge in [-0.15, -0.1) is 0 Å². The Morgan fingerprint density at radius 1 is 1.35 bits per heavy atom. The molecule has 130 valence electrons. The molecule has 1 aliphatic rings. The number of amides is 1. The molecular weight excluding hydrogens is 328 g/mol. The molecule has 2 aromatic heterocycles. The summed E-state index contributed by atoms with van der Waals surface area (Å²) >= 11 is 0. The molecule has 0 saturated heterocycles. The number of aromatic nitrogens is 2. The molecule has 6 heteroatoms. The minimum Gasteiger partial charge on any atom is -0.465 e. The number of carboxylic acid groups (broad SMARTS) is 1. The second-order valence-electron chi connectivity index (χ2n) is 6.65. The van der Waals surface area contributed by atoms with Crippen molar-refractivity contribution in [3.05, 3.63) is 52.5 Å². The van der Waals surface area contributed by atoms with Gasteiger partial charge in [0, 0.05) is 35.9 Å². The van der Waals surface area contributed by atoms with Crippen LogP contribution >= 0.6 is 0 Å². The van der Waals surface area contributed by atoms with Crippen LogP contribution in [0, 0.1) is 25.2 Å². The Morgan fingerprint density at radius 2 is 2.15 bits per heavy atom. The van der Waals surface area contributed by atoms with Crippen molar-refractivity contribution in [1.29, 1.82) is 5.26 Å². The van der Waals surface area contributed by atoms with Gasteiger partial charge in [-0.1, -0.05) is 18.2 Å². The van der Waals surface area contributed by atoms with E-state index in [1.54, 1.807) is 6.20 Å². The first kappa shape index (κ1) is 16.2. The van der Waals surface area contributed by atoms with Gasteiger partial charge in [0.15, 0.2) is 5.69 Å². The van der Waals surface area contributed by atoms with Crippen LogP contribution in [0.4, 0.5) is 4.79 Å². The largest absolute Gasteiger partial charge is 0.465 e. The lowest BCUT2D eigenvalue weighted by atomic mass is 9.89. The molecule has 0 unspecified atom stereocenters. The van der Waals surface area contributed by atoms with Gasteiger partial charge in [0.25, 0.3) is 0 Å². The van der Waals surface area contributed by atoms with Crippen molar-refractivity contribution in [2.45, 2.75) is 26.8 Å². The summed E-state index contributed by atoms with van der Waals surface area (Å²) < 4.78 is 0. The third-order valence-corrected chi connectivity index (χ3v) is 5.26. The van der Waals surface area contributed by atoms with E-state index in [0.29, 0.717) is 25.2 Å². The number of nitrogens with zero attached hydrogens (tertiary/aromatic N) is 3. The van der Waals surface area contributed by atoms with E-state index in [1.807, 2.05) is 26.0 Å². The Balaban J connectivity index is 1.95. The second kappa shape index (κ2) is 5.88. The average Bonchev–Trinajstić information content (AvgIpc) is 2.95. The van der Waals surface area contributed by atoms with E-state index in [0.717, 1.165) is 44.4 Å². The number of hydrogen-bond acceptors (Lipinski definition) is 3. The predicted octanol–water partition coefficient (Wildman–Crippen LogP) is 3.75. The Hall–Kier alpha value is -3.33. The first-order valence-electron chi connectivity index (χ1n) is 8.48. The highest BCUT2D eigenvalue weighted by atomic mass is 16.4. The third kappa shape index (κ3) is 2.32. The maximum atomic E-state index is 11.3. The molecule has 3 heterocycles. The molecule has 0 fully saturated rings. The van der Waals surface area contributed by atoms with Crippen molar-refractivity contribution in [1.82, 2.24) is 14.9 Å². The monoisotopic (exact) mass is 346 g/mol. The molecule has 26 heavy (non-hydrogen) atoms. The SMILES string of the molecule is Cc1[nH]c2c(C#N)ncc(-c3cccc4c3CCN(C(=O)O)C4)c2c1C. The number of aromatic amines is 1. The Morgan fingerprint density at radius 3 is 2.88 bits per heavy atom. The fraction of sp³-hybridized carbons (Fsp3) is 0.250. The highest BCUT2D eigenvalue weighted by molar-refractivity contribution is 6.00. The fourth-order valence-corrected chi connectivity index (χ4v) is 3.81. The quantitative estimate of drug-likeness (QED) is 0.702. The summed E-state index contributed by atoms with van der Waals surface area (Å²) in [6.45, 7) is 4.92. The first-order chi connectivity index (χ1) is 12.5. The molecular formula is C20H18N4O2. The van der Waals surface area contributed by atoms with Crippen molar-refractivity contribution in [2.75, 3.05) is 6.54 Å². The molecule has 4 rings (SSSR count). The number of pyridine rings is 1. The van der Waals surface area contributed by atoms with Gasteiger partial charge >= 0.3 is 6.09 Å². The first-order valence-corrected chi connectivity index (χ1v) is 8.48. The minimum absolute atomic E-state index is 0.391. The van der Waals surface area contributed by atoms with Gasteiger partial charge in [0.1, 0.15) is 6.07 Å². The standard InChI is InChI=1S/C20H18N4O2/c1-11-12(2)23-19-17(8-21)22-9-16(18(11)19)15-5-3-4-13-10-24(20(25)26)7-6-14(13)15/h3-5,9,23H,6-7,10H2,1-2H3,(H,25,26). The highest BCUT2D eigenvalue weighted by Crippen LogP contribution is 2.37. The molecule has 1 aromatic carbocycles. The predicted molar refractivity (Wildman–Crippen MR) is 97.9 cm³/mol. The van der Waals surface area contributed by atoms with Crippen LogP contribution in [0.3, 0.4) is 0 Å². The van der Waals surface area contributed by atoms with Gasteiger partial charge in [-0.3, -0.25) is 0 Å². The normalized spacial score (nSPS) is 13.5. The number of nitriles is 1. The zero-order chi connectivity index (χ0) is 18.4. The van der Waals surface area contributed by atoms with E-state index in [4.69, 9.17) is 0 Å². The summed E-state index contributed by atoms with van der Waals surface area (Å²) in [5, 5.41) is 19.7. The fourth-order valence-electron chi connectivity index (χ4n) is 3.81. The van der Waals surface area contributed by atoms with Crippen LogP contribution in [-0.2, 0) is 13.0 Å². The van der Waals surface area contributed by atoms with Gasteiger partial charge in [0.05, 0.1) is 5.52 Å². The van der Waals surface area contributed by atoms with Gasteiger partial charge in [-0.25, -0.2) is 9.78 Å². The number of carbonyl (C=O) groups is 1. The van der Waals surface area contributed by atoms with Crippen LogP contribution in [0.1, 0.15) is 28.1 Å². The summed E-state index contributed by atoms with van der Waals surface area (Å²) in [5.41, 5.74) is 7.53. The van der Waals surface area contributed by atoms with E-state index in [2.05, 4.69) is 22.1 Å². The molecule has 3 aromatic rings. The number of aryl methyl sites for hydroxylation is 2. The number of nitrogens with one attached hydrogen (secondary N) is 1. The molecule has 2 N–H and O–H groups in total. The molecule has 0 bridgehead atoms. The van der Waals surface area contributed by atoms with E-state index in [1.165, 1.54) is 4.90 Å². The van der Waals surface area contributed by atoms with Gasteiger partial charge in [0.2, 0.25) is 0 Å². The smallest absolute Gasteiger partial charge is 0.407 e. The number of hydrogen-bond donors (Lipinski definition) is 2. The molecule has 0 saturated carbocycles. The third-order valence-electron chi connectivity index (χ3n) is 5.26. The van der Waals surface area contributed by atoms with Crippen molar-refractivity contribution in [3.8, 4) is 17.2 Å². The van der Waals surface area contributed by atoms with Crippen LogP contribution in [0.2, 0.25) is 0 Å². The molecule has 0 radical (unpaired) electrons. The molecule has 0 spiro atoms. The highest BCUT2D eigenvalue weighted by Gasteiger charge is 2.24. The lowest BCUT2D eigenvalue weighted by molar-refractivity contribution is 0.140. The average molecular weight is 346 g/mol. The Kier molecular flexibility index (Phi) is 3.66. The lowest BCUT2D eigenvalue weighted by Gasteiger charge is -2.28. The van der Waals surface area contributed by atoms with Crippen molar-refractivity contribution < 1.29 is 9.90 Å². The number of fused-ring (bicyclic) bond motifs is 2. The Labute approximate surface area is 150 Å². The summed E-state index contributed by atoms with van der Waals surface area (Å²) in [5.74, 6) is 0. The molecule has 0 atom stereocenters. The molecule has 1 amide bonds. The summed E-state index contributed by atoms with van der Waals surface area (Å²) in [6.07, 6.45) is 1.54. The minimum atomic E-state index is -0.888. The summed E-state index contributed by atoms with van der Waals surface area (Å²) in [6, 6.07) is 8.15. The van der Waals surface area contributed by atoms with Crippen LogP contribution in [0.15, 0.2) is 24.4 Å². The van der Waals surface area contributed by atoms with Crippen LogP contribution in [0.25, 0.3) is 22.0 Å². The van der Waals surface area contributed by atoms with Crippen LogP contribution < -0.4 is 0 Å².